The van der Waals surface area contributed by atoms with E-state index in [1.54, 1.807) is 39.5 Å². The molecule has 4 rings (SSSR count). The first-order valence-corrected chi connectivity index (χ1v) is 11.7. The number of piperazine rings is 1. The third-order valence-corrected chi connectivity index (χ3v) is 7.82. The zero-order valence-corrected chi connectivity index (χ0v) is 17.9. The Bertz CT molecular complexity index is 1030. The average molecular weight is 432 g/mol. The lowest BCUT2D eigenvalue weighted by Gasteiger charge is -2.34. The van der Waals surface area contributed by atoms with Gasteiger partial charge in [-0.1, -0.05) is 12.1 Å². The third-order valence-electron chi connectivity index (χ3n) is 5.93. The largest absolute Gasteiger partial charge is 0.312 e. The van der Waals surface area contributed by atoms with Crippen molar-refractivity contribution in [2.75, 3.05) is 44.2 Å². The lowest BCUT2D eigenvalue weighted by Crippen LogP contribution is -2.49. The fraction of sp³-hybridized carbons (Fsp3) is 0.409. The molecule has 0 unspecified atom stereocenters. The molecule has 2 aromatic carbocycles. The van der Waals surface area contributed by atoms with Crippen molar-refractivity contribution in [3.05, 3.63) is 59.4 Å². The standard InChI is InChI=1S/C22H26FN3O3S/c1-17(27)26-11-9-19-16-21(6-7-22(19)26)30(28,29)25-14-12-24(13-15-25)10-8-18-2-4-20(23)5-3-18/h2-7,16H,8-15H2,1H3. The quantitative estimate of drug-likeness (QED) is 0.729. The number of fused-ring (bicyclic) bond motifs is 1. The molecule has 2 aliphatic rings. The first-order chi connectivity index (χ1) is 14.3. The van der Waals surface area contributed by atoms with E-state index in [9.17, 15) is 17.6 Å². The summed E-state index contributed by atoms with van der Waals surface area (Å²) in [5.41, 5.74) is 2.79. The van der Waals surface area contributed by atoms with Gasteiger partial charge in [0, 0.05) is 51.9 Å². The number of sulfonamides is 1. The van der Waals surface area contributed by atoms with Crippen LogP contribution in [0, 0.1) is 5.82 Å². The van der Waals surface area contributed by atoms with Crippen LogP contribution in [0.1, 0.15) is 18.1 Å². The number of hydrogen-bond acceptors (Lipinski definition) is 4. The molecule has 30 heavy (non-hydrogen) atoms. The minimum absolute atomic E-state index is 0.0267. The predicted octanol–water partition coefficient (Wildman–Crippen LogP) is 2.28. The SMILES string of the molecule is CC(=O)N1CCc2cc(S(=O)(=O)N3CCN(CCc4ccc(F)cc4)CC3)ccc21. The lowest BCUT2D eigenvalue weighted by molar-refractivity contribution is -0.116. The van der Waals surface area contributed by atoms with Gasteiger partial charge in [0.2, 0.25) is 15.9 Å². The van der Waals surface area contributed by atoms with Crippen LogP contribution in [-0.2, 0) is 27.7 Å². The van der Waals surface area contributed by atoms with Gasteiger partial charge in [-0.15, -0.1) is 0 Å². The Hall–Kier alpha value is -2.29. The maximum absolute atomic E-state index is 13.1. The number of rotatable bonds is 5. The van der Waals surface area contributed by atoms with Crippen molar-refractivity contribution in [3.8, 4) is 0 Å². The summed E-state index contributed by atoms with van der Waals surface area (Å²) in [5, 5.41) is 0. The molecule has 0 saturated carbocycles. The Morgan fingerprint density at radius 3 is 2.37 bits per heavy atom. The molecule has 8 heteroatoms. The van der Waals surface area contributed by atoms with Crippen molar-refractivity contribution in [1.82, 2.24) is 9.21 Å². The van der Waals surface area contributed by atoms with Crippen molar-refractivity contribution in [3.63, 3.8) is 0 Å². The van der Waals surface area contributed by atoms with E-state index in [1.807, 2.05) is 0 Å². The molecule has 2 aliphatic heterocycles. The molecule has 0 spiro atoms. The third kappa shape index (κ3) is 4.26. The summed E-state index contributed by atoms with van der Waals surface area (Å²) in [5.74, 6) is -0.265. The van der Waals surface area contributed by atoms with Crippen LogP contribution in [0.25, 0.3) is 0 Å². The first kappa shape index (κ1) is 21.0. The second-order valence-corrected chi connectivity index (χ2v) is 9.77. The number of nitrogens with zero attached hydrogens (tertiary/aromatic N) is 3. The minimum atomic E-state index is -3.56. The van der Waals surface area contributed by atoms with E-state index in [0.717, 1.165) is 29.8 Å². The number of carbonyl (C=O) groups is 1. The van der Waals surface area contributed by atoms with Crippen LogP contribution >= 0.6 is 0 Å². The summed E-state index contributed by atoms with van der Waals surface area (Å²) in [4.78, 5) is 15.9. The van der Waals surface area contributed by atoms with Gasteiger partial charge >= 0.3 is 0 Å². The van der Waals surface area contributed by atoms with Crippen LogP contribution in [0.4, 0.5) is 10.1 Å². The Kier molecular flexibility index (Phi) is 5.90. The fourth-order valence-corrected chi connectivity index (χ4v) is 5.62. The number of benzene rings is 2. The summed E-state index contributed by atoms with van der Waals surface area (Å²) < 4.78 is 40.8. The fourth-order valence-electron chi connectivity index (χ4n) is 4.15. The van der Waals surface area contributed by atoms with E-state index >= 15 is 0 Å². The van der Waals surface area contributed by atoms with E-state index in [-0.39, 0.29) is 11.7 Å². The van der Waals surface area contributed by atoms with Crippen molar-refractivity contribution < 1.29 is 17.6 Å². The van der Waals surface area contributed by atoms with Gasteiger partial charge in [-0.3, -0.25) is 4.79 Å². The molecule has 0 aromatic heterocycles. The van der Waals surface area contributed by atoms with Gasteiger partial charge in [-0.25, -0.2) is 12.8 Å². The number of carbonyl (C=O) groups excluding carboxylic acids is 1. The Labute approximate surface area is 176 Å². The highest BCUT2D eigenvalue weighted by molar-refractivity contribution is 7.89. The van der Waals surface area contributed by atoms with Crippen LogP contribution in [-0.4, -0.2) is 62.8 Å². The van der Waals surface area contributed by atoms with Crippen molar-refractivity contribution in [2.24, 2.45) is 0 Å². The number of amides is 1. The number of halogens is 1. The van der Waals surface area contributed by atoms with Crippen LogP contribution in [0.5, 0.6) is 0 Å². The van der Waals surface area contributed by atoms with E-state index in [4.69, 9.17) is 0 Å². The summed E-state index contributed by atoms with van der Waals surface area (Å²) in [6.07, 6.45) is 1.49. The maximum atomic E-state index is 13.1. The Morgan fingerprint density at radius 2 is 1.70 bits per heavy atom. The molecular weight excluding hydrogens is 405 g/mol. The molecule has 2 heterocycles. The summed E-state index contributed by atoms with van der Waals surface area (Å²) in [7, 11) is -3.56. The average Bonchev–Trinajstić information content (AvgIpc) is 3.17. The molecule has 0 bridgehead atoms. The number of hydrogen-bond donors (Lipinski definition) is 0. The highest BCUT2D eigenvalue weighted by Gasteiger charge is 2.30. The molecule has 160 valence electrons. The second-order valence-electron chi connectivity index (χ2n) is 7.83. The van der Waals surface area contributed by atoms with Crippen LogP contribution in [0.2, 0.25) is 0 Å². The monoisotopic (exact) mass is 431 g/mol. The van der Waals surface area contributed by atoms with Crippen molar-refractivity contribution in [1.29, 1.82) is 0 Å². The normalized spacial score (nSPS) is 17.9. The molecule has 2 aromatic rings. The van der Waals surface area contributed by atoms with E-state index in [1.165, 1.54) is 19.1 Å². The smallest absolute Gasteiger partial charge is 0.243 e. The molecule has 0 aliphatic carbocycles. The Morgan fingerprint density at radius 1 is 1.00 bits per heavy atom. The van der Waals surface area contributed by atoms with Gasteiger partial charge in [-0.2, -0.15) is 4.31 Å². The van der Waals surface area contributed by atoms with Gasteiger partial charge < -0.3 is 9.80 Å². The summed E-state index contributed by atoms with van der Waals surface area (Å²) in [6.45, 7) is 5.17. The van der Waals surface area contributed by atoms with E-state index in [0.29, 0.717) is 44.0 Å². The van der Waals surface area contributed by atoms with Gasteiger partial charge in [0.05, 0.1) is 4.90 Å². The minimum Gasteiger partial charge on any atom is -0.312 e. The van der Waals surface area contributed by atoms with Gasteiger partial charge in [0.1, 0.15) is 5.82 Å². The highest BCUT2D eigenvalue weighted by atomic mass is 32.2. The molecule has 1 amide bonds. The molecule has 0 radical (unpaired) electrons. The van der Waals surface area contributed by atoms with E-state index in [2.05, 4.69) is 4.90 Å². The first-order valence-electron chi connectivity index (χ1n) is 10.2. The lowest BCUT2D eigenvalue weighted by atomic mass is 10.1. The molecule has 1 fully saturated rings. The maximum Gasteiger partial charge on any atom is 0.243 e. The summed E-state index contributed by atoms with van der Waals surface area (Å²) in [6, 6.07) is 11.6. The zero-order chi connectivity index (χ0) is 21.3. The van der Waals surface area contributed by atoms with Crippen LogP contribution < -0.4 is 4.90 Å². The summed E-state index contributed by atoms with van der Waals surface area (Å²) >= 11 is 0. The van der Waals surface area contributed by atoms with Gasteiger partial charge in [0.25, 0.3) is 0 Å². The van der Waals surface area contributed by atoms with Crippen molar-refractivity contribution >= 4 is 21.6 Å². The molecule has 6 nitrogen and oxygen atoms in total. The zero-order valence-electron chi connectivity index (χ0n) is 17.1. The second kappa shape index (κ2) is 8.45. The van der Waals surface area contributed by atoms with Crippen LogP contribution in [0.3, 0.4) is 0 Å². The predicted molar refractivity (Wildman–Crippen MR) is 113 cm³/mol. The number of anilines is 1. The van der Waals surface area contributed by atoms with Crippen molar-refractivity contribution in [2.45, 2.75) is 24.7 Å². The molecule has 0 N–H and O–H groups in total. The molecular formula is C22H26FN3O3S. The van der Waals surface area contributed by atoms with E-state index < -0.39 is 10.0 Å². The van der Waals surface area contributed by atoms with Gasteiger partial charge in [-0.05, 0) is 54.3 Å². The molecule has 1 saturated heterocycles. The Balaban J connectivity index is 1.37. The topological polar surface area (TPSA) is 60.9 Å². The van der Waals surface area contributed by atoms with Crippen LogP contribution in [0.15, 0.2) is 47.4 Å². The highest BCUT2D eigenvalue weighted by Crippen LogP contribution is 2.31. The molecule has 0 atom stereocenters. The van der Waals surface area contributed by atoms with Gasteiger partial charge in [0.15, 0.2) is 0 Å².